The molecule has 2 aromatic heterocycles. The molecule has 0 bridgehead atoms. The van der Waals surface area contributed by atoms with Crippen molar-refractivity contribution >= 4 is 16.7 Å². The van der Waals surface area contributed by atoms with Gasteiger partial charge in [0.1, 0.15) is 23.0 Å². The summed E-state index contributed by atoms with van der Waals surface area (Å²) in [6, 6.07) is 12.8. The van der Waals surface area contributed by atoms with Gasteiger partial charge in [-0.25, -0.2) is 19.2 Å². The molecule has 0 aliphatic carbocycles. The average molecular weight is 474 g/mol. The number of phenolic OH excluding ortho intramolecular Hbond substituents is 1. The molecule has 1 aliphatic rings. The van der Waals surface area contributed by atoms with Gasteiger partial charge in [-0.3, -0.25) is 0 Å². The minimum Gasteiger partial charge on any atom is -0.508 e. The molecule has 0 amide bonds. The number of halogens is 1. The van der Waals surface area contributed by atoms with Gasteiger partial charge < -0.3 is 19.7 Å². The first-order chi connectivity index (χ1) is 16.9. The van der Waals surface area contributed by atoms with Crippen LogP contribution in [-0.4, -0.2) is 39.4 Å². The molecule has 0 spiro atoms. The highest BCUT2D eigenvalue weighted by atomic mass is 19.1. The van der Waals surface area contributed by atoms with E-state index < -0.39 is 5.97 Å². The van der Waals surface area contributed by atoms with Crippen molar-refractivity contribution in [3.05, 3.63) is 77.5 Å². The minimum atomic E-state index is -1.13. The lowest BCUT2D eigenvalue weighted by molar-refractivity contribution is 0.0690. The molecule has 5 rings (SSSR count). The highest BCUT2D eigenvalue weighted by Gasteiger charge is 2.26. The number of pyridine rings is 2. The minimum absolute atomic E-state index is 0.0450. The van der Waals surface area contributed by atoms with Gasteiger partial charge in [-0.15, -0.1) is 0 Å². The largest absolute Gasteiger partial charge is 0.508 e. The van der Waals surface area contributed by atoms with Crippen LogP contribution in [0.25, 0.3) is 21.9 Å². The molecule has 2 N–H and O–H groups in total. The van der Waals surface area contributed by atoms with Crippen molar-refractivity contribution in [1.29, 1.82) is 0 Å². The number of aromatic hydroxyl groups is 1. The molecular weight excluding hydrogens is 451 g/mol. The predicted octanol–water partition coefficient (Wildman–Crippen LogP) is 5.83. The van der Waals surface area contributed by atoms with Crippen molar-refractivity contribution in [2.24, 2.45) is 0 Å². The van der Waals surface area contributed by atoms with E-state index in [0.29, 0.717) is 29.9 Å². The van der Waals surface area contributed by atoms with Crippen molar-refractivity contribution < 1.29 is 28.9 Å². The highest BCUT2D eigenvalue weighted by Crippen LogP contribution is 2.43. The number of nitrogens with zero attached hydrogens (tertiary/aromatic N) is 2. The SMILES string of the molecule is Cc1cc(-c2c(C3CCOCC3)nc(Oc3ccc(C(=O)O)nc3)c3cc(O)ccc23)ccc1F. The number of aromatic nitrogens is 2. The maximum atomic E-state index is 14.1. The van der Waals surface area contributed by atoms with Crippen LogP contribution in [0.15, 0.2) is 54.7 Å². The molecule has 8 heteroatoms. The summed E-state index contributed by atoms with van der Waals surface area (Å²) in [5.74, 6) is -0.694. The average Bonchev–Trinajstić information content (AvgIpc) is 2.86. The number of carboxylic acid groups (broad SMARTS) is 1. The van der Waals surface area contributed by atoms with E-state index in [1.807, 2.05) is 6.07 Å². The van der Waals surface area contributed by atoms with E-state index in [4.69, 9.17) is 19.6 Å². The zero-order valence-electron chi connectivity index (χ0n) is 19.0. The van der Waals surface area contributed by atoms with Crippen LogP contribution in [0.4, 0.5) is 4.39 Å². The third-order valence-corrected chi connectivity index (χ3v) is 6.21. The van der Waals surface area contributed by atoms with Crippen LogP contribution in [0, 0.1) is 12.7 Å². The van der Waals surface area contributed by atoms with E-state index in [-0.39, 0.29) is 29.1 Å². The molecule has 35 heavy (non-hydrogen) atoms. The molecule has 2 aromatic carbocycles. The molecule has 0 radical (unpaired) electrons. The summed E-state index contributed by atoms with van der Waals surface area (Å²) in [6.45, 7) is 2.94. The van der Waals surface area contributed by atoms with Crippen molar-refractivity contribution in [2.45, 2.75) is 25.7 Å². The van der Waals surface area contributed by atoms with Crippen LogP contribution in [0.5, 0.6) is 17.4 Å². The molecule has 0 atom stereocenters. The maximum Gasteiger partial charge on any atom is 0.354 e. The number of aryl methyl sites for hydroxylation is 1. The number of phenols is 1. The molecule has 178 valence electrons. The van der Waals surface area contributed by atoms with Crippen LogP contribution < -0.4 is 4.74 Å². The molecular formula is C27H23FN2O5. The van der Waals surface area contributed by atoms with E-state index in [1.165, 1.54) is 24.4 Å². The molecule has 7 nitrogen and oxygen atoms in total. The second-order valence-corrected chi connectivity index (χ2v) is 8.54. The summed E-state index contributed by atoms with van der Waals surface area (Å²) in [6.07, 6.45) is 2.88. The normalized spacial score (nSPS) is 14.2. The topological polar surface area (TPSA) is 102 Å². The van der Waals surface area contributed by atoms with Gasteiger partial charge in [-0.2, -0.15) is 0 Å². The Kier molecular flexibility index (Phi) is 6.05. The first-order valence-corrected chi connectivity index (χ1v) is 11.3. The first-order valence-electron chi connectivity index (χ1n) is 11.3. The first kappa shape index (κ1) is 22.7. The summed E-state index contributed by atoms with van der Waals surface area (Å²) < 4.78 is 25.7. The Labute approximate surface area is 200 Å². The van der Waals surface area contributed by atoms with Gasteiger partial charge in [0.2, 0.25) is 5.88 Å². The fraction of sp³-hybridized carbons (Fsp3) is 0.222. The molecule has 0 unspecified atom stereocenters. The van der Waals surface area contributed by atoms with Crippen molar-refractivity contribution in [1.82, 2.24) is 9.97 Å². The fourth-order valence-electron chi connectivity index (χ4n) is 4.42. The van der Waals surface area contributed by atoms with Crippen LogP contribution >= 0.6 is 0 Å². The third kappa shape index (κ3) is 4.52. The lowest BCUT2D eigenvalue weighted by Crippen LogP contribution is -2.16. The molecule has 3 heterocycles. The predicted molar refractivity (Wildman–Crippen MR) is 128 cm³/mol. The summed E-state index contributed by atoms with van der Waals surface area (Å²) in [5.41, 5.74) is 2.92. The van der Waals surface area contributed by atoms with Crippen molar-refractivity contribution in [3.8, 4) is 28.5 Å². The molecule has 1 saturated heterocycles. The monoisotopic (exact) mass is 474 g/mol. The van der Waals surface area contributed by atoms with Crippen molar-refractivity contribution in [3.63, 3.8) is 0 Å². The molecule has 0 saturated carbocycles. The Morgan fingerprint density at radius 3 is 2.57 bits per heavy atom. The zero-order valence-corrected chi connectivity index (χ0v) is 19.0. The van der Waals surface area contributed by atoms with E-state index in [0.717, 1.165) is 35.0 Å². The maximum absolute atomic E-state index is 14.1. The quantitative estimate of drug-likeness (QED) is 0.375. The van der Waals surface area contributed by atoms with E-state index in [1.54, 1.807) is 31.2 Å². The Morgan fingerprint density at radius 2 is 1.89 bits per heavy atom. The fourth-order valence-corrected chi connectivity index (χ4v) is 4.42. The van der Waals surface area contributed by atoms with Gasteiger partial charge in [-0.05, 0) is 78.7 Å². The summed E-state index contributed by atoms with van der Waals surface area (Å²) in [5, 5.41) is 20.7. The Bertz CT molecular complexity index is 1420. The lowest BCUT2D eigenvalue weighted by atomic mass is 9.87. The molecule has 1 aliphatic heterocycles. The number of rotatable bonds is 5. The van der Waals surface area contributed by atoms with Gasteiger partial charge in [0, 0.05) is 30.1 Å². The van der Waals surface area contributed by atoms with Gasteiger partial charge in [0.15, 0.2) is 0 Å². The second kappa shape index (κ2) is 9.31. The number of hydrogen-bond donors (Lipinski definition) is 2. The molecule has 4 aromatic rings. The van der Waals surface area contributed by atoms with Gasteiger partial charge in [-0.1, -0.05) is 6.07 Å². The van der Waals surface area contributed by atoms with E-state index in [2.05, 4.69) is 4.98 Å². The number of benzene rings is 2. The van der Waals surface area contributed by atoms with Crippen LogP contribution in [0.2, 0.25) is 0 Å². The zero-order chi connectivity index (χ0) is 24.5. The second-order valence-electron chi connectivity index (χ2n) is 8.54. The van der Waals surface area contributed by atoms with Crippen LogP contribution in [-0.2, 0) is 4.74 Å². The summed E-state index contributed by atoms with van der Waals surface area (Å²) in [4.78, 5) is 20.0. The Morgan fingerprint density at radius 1 is 1.09 bits per heavy atom. The van der Waals surface area contributed by atoms with E-state index in [9.17, 15) is 14.3 Å². The Balaban J connectivity index is 1.72. The highest BCUT2D eigenvalue weighted by molar-refractivity contribution is 6.01. The number of carboxylic acids is 1. The Hall–Kier alpha value is -4.04. The smallest absolute Gasteiger partial charge is 0.354 e. The lowest BCUT2D eigenvalue weighted by Gasteiger charge is -2.26. The third-order valence-electron chi connectivity index (χ3n) is 6.21. The van der Waals surface area contributed by atoms with Gasteiger partial charge >= 0.3 is 5.97 Å². The number of carbonyl (C=O) groups is 1. The number of aromatic carboxylic acids is 1. The summed E-state index contributed by atoms with van der Waals surface area (Å²) in [7, 11) is 0. The number of fused-ring (bicyclic) bond motifs is 1. The van der Waals surface area contributed by atoms with Crippen LogP contribution in [0.3, 0.4) is 0 Å². The number of hydrogen-bond acceptors (Lipinski definition) is 6. The summed E-state index contributed by atoms with van der Waals surface area (Å²) >= 11 is 0. The standard InChI is InChI=1S/C27H23FN2O5/c1-15-12-17(2-6-22(15)28)24-20-5-3-18(31)13-21(20)26(30-25(24)16-8-10-34-11-9-16)35-19-4-7-23(27(32)33)29-14-19/h2-7,12-14,16,31H,8-11H2,1H3,(H,32,33). The van der Waals surface area contributed by atoms with Crippen molar-refractivity contribution in [2.75, 3.05) is 13.2 Å². The van der Waals surface area contributed by atoms with Gasteiger partial charge in [0.05, 0.1) is 11.9 Å². The number of ether oxygens (including phenoxy) is 2. The molecule has 1 fully saturated rings. The van der Waals surface area contributed by atoms with Crippen LogP contribution in [0.1, 0.15) is 40.5 Å². The van der Waals surface area contributed by atoms with Gasteiger partial charge in [0.25, 0.3) is 0 Å². The van der Waals surface area contributed by atoms with E-state index >= 15 is 0 Å².